The Morgan fingerprint density at radius 2 is 1.07 bits per heavy atom. The van der Waals surface area contributed by atoms with Crippen molar-refractivity contribution in [2.75, 3.05) is 94.3 Å². The van der Waals surface area contributed by atoms with Crippen LogP contribution in [-0.4, -0.2) is 181 Å². The van der Waals surface area contributed by atoms with E-state index in [9.17, 15) is 24.0 Å². The molecule has 76 heavy (non-hydrogen) atoms. The third-order valence-electron chi connectivity index (χ3n) is 12.0. The molecule has 4 rings (SSSR count). The van der Waals surface area contributed by atoms with Crippen LogP contribution in [0.2, 0.25) is 0 Å². The smallest absolute Gasteiger partial charge is 0.410 e. The van der Waals surface area contributed by atoms with Crippen molar-refractivity contribution in [2.24, 2.45) is 11.8 Å². The molecule has 2 aromatic rings. The zero-order valence-electron chi connectivity index (χ0n) is 47.9. The van der Waals surface area contributed by atoms with Gasteiger partial charge in [0.05, 0.1) is 46.7 Å². The second kappa shape index (κ2) is 33.7. The molecule has 0 bridgehead atoms. The Morgan fingerprint density at radius 1 is 0.618 bits per heavy atom. The third kappa shape index (κ3) is 22.6. The highest BCUT2D eigenvalue weighted by Gasteiger charge is 2.39. The number of benzene rings is 2. The molecule has 0 saturated carbocycles. The number of nitrogens with one attached hydrogen (secondary N) is 3. The minimum Gasteiger partial charge on any atom is -0.493 e. The van der Waals surface area contributed by atoms with E-state index in [1.807, 2.05) is 81.1 Å². The lowest BCUT2D eigenvalue weighted by Crippen LogP contribution is -2.57. The van der Waals surface area contributed by atoms with E-state index in [1.54, 1.807) is 74.6 Å². The van der Waals surface area contributed by atoms with E-state index in [1.165, 1.54) is 0 Å². The molecule has 0 spiro atoms. The summed E-state index contributed by atoms with van der Waals surface area (Å²) in [6.45, 7) is 25.4. The van der Waals surface area contributed by atoms with Gasteiger partial charge in [0, 0.05) is 120 Å². The normalized spacial score (nSPS) is 17.4. The van der Waals surface area contributed by atoms with E-state index >= 15 is 0 Å². The Hall–Kier alpha value is -5.44. The Labute approximate surface area is 458 Å². The highest BCUT2D eigenvalue weighted by molar-refractivity contribution is 5.96. The number of methoxy groups -OCH3 is 4. The number of rotatable bonds is 24. The van der Waals surface area contributed by atoms with Crippen LogP contribution in [0.25, 0.3) is 0 Å². The number of piperidine rings is 2. The first-order valence-electron chi connectivity index (χ1n) is 26.3. The van der Waals surface area contributed by atoms with Crippen LogP contribution < -0.4 is 34.9 Å². The van der Waals surface area contributed by atoms with E-state index in [0.717, 1.165) is 19.4 Å². The standard InChI is InChI=1S/C30H49N3O8.C25H41N3O6.ClH/c1-20(2)31-28(35)40-19-22-15-24(18-32(17-22)29(36)41-30(5,6)7)33(21(3)4)27(34)23-11-12-25(38-9)26(16-23)39-14-10-13-37-8;1-17(2)27-25(30)34-16-19-12-21(15-26-14-19)28(18(3)4)24(29)20-8-9-22(32-6)23(13-20)33-11-7-10-31-5;/h11-12,16,20-22,24H,10,13-15,17-19H2,1-9H3,(H,31,35);8-9,13,17-19,21,26H,7,10-12,14-16H2,1-6H3,(H,27,30);1H/t22?,24-;19?,21-;/m11./s1. The highest BCUT2D eigenvalue weighted by atomic mass is 35.5. The number of halogens is 1. The fraction of sp³-hybridized carbons (Fsp3) is 0.691. The summed E-state index contributed by atoms with van der Waals surface area (Å²) in [7, 11) is 6.41. The van der Waals surface area contributed by atoms with E-state index in [0.29, 0.717) is 99.6 Å². The molecule has 2 aliphatic rings. The molecule has 432 valence electrons. The second-order valence-electron chi connectivity index (χ2n) is 21.1. The second-order valence-corrected chi connectivity index (χ2v) is 21.1. The van der Waals surface area contributed by atoms with Crippen LogP contribution in [0.5, 0.6) is 23.0 Å². The molecule has 2 fully saturated rings. The van der Waals surface area contributed by atoms with Crippen LogP contribution in [0, 0.1) is 11.8 Å². The van der Waals surface area contributed by atoms with E-state index in [-0.39, 0.29) is 78.9 Å². The predicted molar refractivity (Wildman–Crippen MR) is 294 cm³/mol. The van der Waals surface area contributed by atoms with Crippen molar-refractivity contribution >= 4 is 42.5 Å². The number of ether oxygens (including phenoxy) is 9. The van der Waals surface area contributed by atoms with Gasteiger partial charge < -0.3 is 73.3 Å². The molecule has 2 saturated heterocycles. The summed E-state index contributed by atoms with van der Waals surface area (Å²) in [5, 5.41) is 8.85. The molecule has 20 nitrogen and oxygen atoms in total. The fourth-order valence-electron chi connectivity index (χ4n) is 8.82. The molecule has 2 aliphatic heterocycles. The molecule has 2 aromatic carbocycles. The van der Waals surface area contributed by atoms with Gasteiger partial charge in [-0.15, -0.1) is 12.4 Å². The lowest BCUT2D eigenvalue weighted by atomic mass is 9.92. The van der Waals surface area contributed by atoms with Gasteiger partial charge in [-0.3, -0.25) is 9.59 Å². The van der Waals surface area contributed by atoms with Gasteiger partial charge >= 0.3 is 18.3 Å². The molecule has 2 heterocycles. The Bertz CT molecular complexity index is 2090. The van der Waals surface area contributed by atoms with Crippen LogP contribution in [0.1, 0.15) is 123 Å². The van der Waals surface area contributed by atoms with Crippen molar-refractivity contribution in [3.05, 3.63) is 47.5 Å². The molecule has 3 N–H and O–H groups in total. The molecule has 0 aromatic heterocycles. The summed E-state index contributed by atoms with van der Waals surface area (Å²) >= 11 is 0. The number of carbonyl (C=O) groups is 5. The number of alkyl carbamates (subject to hydrolysis) is 2. The number of carbonyl (C=O) groups excluding carboxylic acids is 5. The zero-order valence-corrected chi connectivity index (χ0v) is 48.8. The highest BCUT2D eigenvalue weighted by Crippen LogP contribution is 2.33. The quantitative estimate of drug-likeness (QED) is 0.0667. The van der Waals surface area contributed by atoms with Crippen LogP contribution in [0.3, 0.4) is 0 Å². The summed E-state index contributed by atoms with van der Waals surface area (Å²) in [5.74, 6) is 1.80. The maximum absolute atomic E-state index is 14.0. The average molecular weight is 1100 g/mol. The topological polar surface area (TPSA) is 214 Å². The molecule has 0 aliphatic carbocycles. The van der Waals surface area contributed by atoms with E-state index in [4.69, 9.17) is 42.6 Å². The number of hydrogen-bond acceptors (Lipinski definition) is 15. The van der Waals surface area contributed by atoms with Crippen molar-refractivity contribution in [1.29, 1.82) is 0 Å². The maximum atomic E-state index is 14.0. The number of nitrogens with zero attached hydrogens (tertiary/aromatic N) is 3. The molecule has 2 unspecified atom stereocenters. The summed E-state index contributed by atoms with van der Waals surface area (Å²) in [4.78, 5) is 70.0. The van der Waals surface area contributed by atoms with Gasteiger partial charge in [-0.25, -0.2) is 14.4 Å². The summed E-state index contributed by atoms with van der Waals surface area (Å²) in [6.07, 6.45) is 1.34. The predicted octanol–water partition coefficient (Wildman–Crippen LogP) is 8.22. The molecular weight excluding hydrogens is 1000 g/mol. The van der Waals surface area contributed by atoms with Gasteiger partial charge in [-0.05, 0) is 125 Å². The first kappa shape index (κ1) is 66.7. The minimum absolute atomic E-state index is 0. The molecule has 0 radical (unpaired) electrons. The molecule has 5 amide bonds. The Morgan fingerprint density at radius 3 is 1.49 bits per heavy atom. The van der Waals surface area contributed by atoms with Gasteiger partial charge in [0.2, 0.25) is 0 Å². The summed E-state index contributed by atoms with van der Waals surface area (Å²) in [6, 6.07) is 9.83. The van der Waals surface area contributed by atoms with Crippen LogP contribution in [0.4, 0.5) is 14.4 Å². The zero-order chi connectivity index (χ0) is 55.8. The number of hydrogen-bond donors (Lipinski definition) is 3. The van der Waals surface area contributed by atoms with Crippen LogP contribution in [0.15, 0.2) is 36.4 Å². The van der Waals surface area contributed by atoms with Crippen molar-refractivity contribution in [3.63, 3.8) is 0 Å². The Kier molecular flexibility index (Phi) is 29.5. The average Bonchev–Trinajstić information content (AvgIpc) is 3.34. The number of likely N-dealkylation sites (tertiary alicyclic amines) is 1. The van der Waals surface area contributed by atoms with Gasteiger partial charge in [0.15, 0.2) is 23.0 Å². The maximum Gasteiger partial charge on any atom is 0.410 e. The van der Waals surface area contributed by atoms with Gasteiger partial charge in [-0.1, -0.05) is 0 Å². The molecule has 21 heteroatoms. The summed E-state index contributed by atoms with van der Waals surface area (Å²) in [5.41, 5.74) is 0.314. The van der Waals surface area contributed by atoms with Crippen molar-refractivity contribution in [1.82, 2.24) is 30.7 Å². The lowest BCUT2D eigenvalue weighted by molar-refractivity contribution is -0.00803. The first-order valence-corrected chi connectivity index (χ1v) is 26.3. The van der Waals surface area contributed by atoms with Gasteiger partial charge in [-0.2, -0.15) is 0 Å². The van der Waals surface area contributed by atoms with Crippen LogP contribution in [-0.2, 0) is 23.7 Å². The van der Waals surface area contributed by atoms with Crippen LogP contribution >= 0.6 is 12.4 Å². The van der Waals surface area contributed by atoms with Gasteiger partial charge in [0.25, 0.3) is 11.8 Å². The molecular formula is C55H91ClN6O14. The SMILES string of the molecule is COCCCOc1cc(C(=O)N(C(C)C)[C@@H]2CC(COC(=O)NC(C)C)CN(C(=O)OC(C)(C)C)C2)ccc1OC.COCCCOc1cc(C(=O)N(C(C)C)[C@H]2CNCC(COC(=O)NC(C)C)C2)ccc1OC.Cl. The van der Waals surface area contributed by atoms with Crippen molar-refractivity contribution in [3.8, 4) is 23.0 Å². The van der Waals surface area contributed by atoms with Crippen molar-refractivity contribution in [2.45, 2.75) is 144 Å². The van der Waals surface area contributed by atoms with E-state index in [2.05, 4.69) is 16.0 Å². The van der Waals surface area contributed by atoms with E-state index < -0.39 is 23.9 Å². The largest absolute Gasteiger partial charge is 0.493 e. The summed E-state index contributed by atoms with van der Waals surface area (Å²) < 4.78 is 49.3. The monoisotopic (exact) mass is 1090 g/mol. The third-order valence-corrected chi connectivity index (χ3v) is 12.0. The first-order chi connectivity index (χ1) is 35.5. The van der Waals surface area contributed by atoms with Crippen molar-refractivity contribution < 1.29 is 66.6 Å². The van der Waals surface area contributed by atoms with Gasteiger partial charge in [0.1, 0.15) is 5.60 Å². The Balaban J connectivity index is 0.000000522. The number of amides is 5. The molecule has 4 atom stereocenters. The minimum atomic E-state index is -0.677. The fourth-order valence-corrected chi connectivity index (χ4v) is 8.82. The lowest BCUT2D eigenvalue weighted by Gasteiger charge is -2.44.